The maximum Gasteiger partial charge on any atom is 0.259 e. The second-order valence-corrected chi connectivity index (χ2v) is 10.3. The summed E-state index contributed by atoms with van der Waals surface area (Å²) in [7, 11) is 0. The molecule has 0 spiro atoms. The Kier molecular flexibility index (Phi) is 6.00. The Bertz CT molecular complexity index is 1150. The van der Waals surface area contributed by atoms with Gasteiger partial charge in [-0.15, -0.1) is 23.1 Å². The number of carbonyl (C=O) groups excluding carboxylic acids is 1. The Morgan fingerprint density at radius 3 is 2.74 bits per heavy atom. The lowest BCUT2D eigenvalue weighted by atomic mass is 10.1. The molecule has 1 saturated heterocycles. The summed E-state index contributed by atoms with van der Waals surface area (Å²) in [5.74, 6) is 1.42. The number of carbonyl (C=O) groups is 1. The standard InChI is InChI=1S/C23H26N4O2S2/c28-20(24-15-7-9-16(10-8-15)27-11-2-1-3-12-27)14-30-13-19-25-22(29)21-17-5-4-6-18(17)31-23(21)26-19/h7-10H,1-6,11-14H2,(H,24,28)(H,25,26,29). The number of fused-ring (bicyclic) bond motifs is 3. The first kappa shape index (κ1) is 20.6. The molecule has 31 heavy (non-hydrogen) atoms. The minimum Gasteiger partial charge on any atom is -0.372 e. The lowest BCUT2D eigenvalue weighted by Crippen LogP contribution is -2.29. The van der Waals surface area contributed by atoms with Crippen LogP contribution < -0.4 is 15.8 Å². The van der Waals surface area contributed by atoms with Gasteiger partial charge < -0.3 is 15.2 Å². The van der Waals surface area contributed by atoms with Crippen LogP contribution in [0.3, 0.4) is 0 Å². The fraction of sp³-hybridized carbons (Fsp3) is 0.435. The summed E-state index contributed by atoms with van der Waals surface area (Å²) < 4.78 is 0. The molecule has 0 atom stereocenters. The largest absolute Gasteiger partial charge is 0.372 e. The molecule has 3 heterocycles. The number of nitrogens with one attached hydrogen (secondary N) is 2. The van der Waals surface area contributed by atoms with Gasteiger partial charge in [0.25, 0.3) is 5.56 Å². The van der Waals surface area contributed by atoms with Crippen LogP contribution in [0.1, 0.15) is 41.9 Å². The molecular weight excluding hydrogens is 428 g/mol. The summed E-state index contributed by atoms with van der Waals surface area (Å²) >= 11 is 3.10. The average molecular weight is 455 g/mol. The van der Waals surface area contributed by atoms with E-state index in [4.69, 9.17) is 0 Å². The summed E-state index contributed by atoms with van der Waals surface area (Å²) in [4.78, 5) is 36.9. The highest BCUT2D eigenvalue weighted by Crippen LogP contribution is 2.34. The monoisotopic (exact) mass is 454 g/mol. The third-order valence-electron chi connectivity index (χ3n) is 5.97. The van der Waals surface area contributed by atoms with Crippen molar-refractivity contribution in [3.63, 3.8) is 0 Å². The molecular formula is C23H26N4O2S2. The number of rotatable bonds is 6. The van der Waals surface area contributed by atoms with Crippen molar-refractivity contribution in [3.8, 4) is 0 Å². The Labute approximate surface area is 189 Å². The zero-order chi connectivity index (χ0) is 21.2. The Morgan fingerprint density at radius 1 is 1.13 bits per heavy atom. The number of piperidine rings is 1. The molecule has 3 aromatic rings. The first-order valence-corrected chi connectivity index (χ1v) is 12.9. The predicted octanol–water partition coefficient (Wildman–Crippen LogP) is 4.34. The molecule has 1 aromatic carbocycles. The van der Waals surface area contributed by atoms with Crippen molar-refractivity contribution in [2.45, 2.75) is 44.3 Å². The van der Waals surface area contributed by atoms with E-state index in [0.29, 0.717) is 17.3 Å². The smallest absolute Gasteiger partial charge is 0.259 e. The Morgan fingerprint density at radius 2 is 1.94 bits per heavy atom. The van der Waals surface area contributed by atoms with E-state index in [0.717, 1.165) is 48.3 Å². The van der Waals surface area contributed by atoms with E-state index in [2.05, 4.69) is 32.3 Å². The number of H-pyrrole nitrogens is 1. The van der Waals surface area contributed by atoms with Crippen LogP contribution >= 0.6 is 23.1 Å². The topological polar surface area (TPSA) is 78.1 Å². The second kappa shape index (κ2) is 9.04. The molecule has 1 aliphatic carbocycles. The summed E-state index contributed by atoms with van der Waals surface area (Å²) in [5, 5.41) is 3.73. The number of aryl methyl sites for hydroxylation is 2. The van der Waals surface area contributed by atoms with Crippen LogP contribution in [0.25, 0.3) is 10.2 Å². The average Bonchev–Trinajstić information content (AvgIpc) is 3.36. The zero-order valence-electron chi connectivity index (χ0n) is 17.4. The fourth-order valence-electron chi connectivity index (χ4n) is 4.46. The van der Waals surface area contributed by atoms with Crippen molar-refractivity contribution in [1.29, 1.82) is 0 Å². The molecule has 2 N–H and O–H groups in total. The molecule has 162 valence electrons. The van der Waals surface area contributed by atoms with Gasteiger partial charge in [0.05, 0.1) is 16.9 Å². The van der Waals surface area contributed by atoms with E-state index >= 15 is 0 Å². The molecule has 5 rings (SSSR count). The molecule has 0 radical (unpaired) electrons. The number of anilines is 2. The molecule has 0 bridgehead atoms. The summed E-state index contributed by atoms with van der Waals surface area (Å²) in [6.45, 7) is 2.22. The van der Waals surface area contributed by atoms with Crippen LogP contribution in [0, 0.1) is 0 Å². The van der Waals surface area contributed by atoms with Crippen molar-refractivity contribution >= 4 is 50.6 Å². The van der Waals surface area contributed by atoms with Gasteiger partial charge in [0.15, 0.2) is 0 Å². The SMILES string of the molecule is O=C(CSCc1nc2sc3c(c2c(=O)[nH]1)CCC3)Nc1ccc(N2CCCCC2)cc1. The summed E-state index contributed by atoms with van der Waals surface area (Å²) in [6.07, 6.45) is 6.97. The molecule has 2 aromatic heterocycles. The van der Waals surface area contributed by atoms with Crippen LogP contribution in [-0.4, -0.2) is 34.7 Å². The number of benzene rings is 1. The summed E-state index contributed by atoms with van der Waals surface area (Å²) in [6, 6.07) is 8.09. The van der Waals surface area contributed by atoms with Crippen molar-refractivity contribution in [3.05, 3.63) is 50.9 Å². The van der Waals surface area contributed by atoms with Crippen molar-refractivity contribution in [2.24, 2.45) is 0 Å². The van der Waals surface area contributed by atoms with Crippen LogP contribution in [0.5, 0.6) is 0 Å². The van der Waals surface area contributed by atoms with Gasteiger partial charge in [-0.25, -0.2) is 4.98 Å². The predicted molar refractivity (Wildman–Crippen MR) is 130 cm³/mol. The van der Waals surface area contributed by atoms with Gasteiger partial charge in [-0.05, 0) is 68.4 Å². The minimum atomic E-state index is -0.0470. The molecule has 8 heteroatoms. The van der Waals surface area contributed by atoms with E-state index in [1.165, 1.54) is 47.2 Å². The van der Waals surface area contributed by atoms with Gasteiger partial charge >= 0.3 is 0 Å². The summed E-state index contributed by atoms with van der Waals surface area (Å²) in [5.41, 5.74) is 3.18. The fourth-order valence-corrected chi connectivity index (χ4v) is 6.43. The van der Waals surface area contributed by atoms with E-state index in [1.807, 2.05) is 12.1 Å². The van der Waals surface area contributed by atoms with E-state index < -0.39 is 0 Å². The van der Waals surface area contributed by atoms with Gasteiger partial charge in [-0.3, -0.25) is 9.59 Å². The quantitative estimate of drug-likeness (QED) is 0.579. The Hall–Kier alpha value is -2.32. The van der Waals surface area contributed by atoms with Gasteiger partial charge in [0, 0.05) is 29.3 Å². The molecule has 0 saturated carbocycles. The van der Waals surface area contributed by atoms with Crippen molar-refractivity contribution in [2.75, 3.05) is 29.1 Å². The lowest BCUT2D eigenvalue weighted by Gasteiger charge is -2.28. The van der Waals surface area contributed by atoms with Crippen molar-refractivity contribution in [1.82, 2.24) is 9.97 Å². The molecule has 1 fully saturated rings. The van der Waals surface area contributed by atoms with Gasteiger partial charge in [-0.1, -0.05) is 0 Å². The van der Waals surface area contributed by atoms with Crippen LogP contribution in [0.4, 0.5) is 11.4 Å². The maximum atomic E-state index is 12.5. The molecule has 1 aliphatic heterocycles. The Balaban J connectivity index is 1.14. The number of hydrogen-bond donors (Lipinski definition) is 2. The number of aromatic nitrogens is 2. The van der Waals surface area contributed by atoms with E-state index in [1.54, 1.807) is 11.3 Å². The number of hydrogen-bond acceptors (Lipinski definition) is 6. The second-order valence-electron chi connectivity index (χ2n) is 8.19. The first-order valence-electron chi connectivity index (χ1n) is 10.9. The zero-order valence-corrected chi connectivity index (χ0v) is 19.0. The number of thiophene rings is 1. The molecule has 2 aliphatic rings. The number of nitrogens with zero attached hydrogens (tertiary/aromatic N) is 2. The van der Waals surface area contributed by atoms with Crippen LogP contribution in [0.15, 0.2) is 29.1 Å². The lowest BCUT2D eigenvalue weighted by molar-refractivity contribution is -0.113. The number of aromatic amines is 1. The van der Waals surface area contributed by atoms with E-state index in [-0.39, 0.29) is 11.5 Å². The highest BCUT2D eigenvalue weighted by molar-refractivity contribution is 7.99. The normalized spacial score (nSPS) is 15.9. The van der Waals surface area contributed by atoms with Crippen LogP contribution in [0.2, 0.25) is 0 Å². The third-order valence-corrected chi connectivity index (χ3v) is 8.10. The third kappa shape index (κ3) is 4.50. The first-order chi connectivity index (χ1) is 15.2. The van der Waals surface area contributed by atoms with Crippen LogP contribution in [-0.2, 0) is 23.4 Å². The number of amides is 1. The van der Waals surface area contributed by atoms with E-state index in [9.17, 15) is 9.59 Å². The van der Waals surface area contributed by atoms with Gasteiger partial charge in [0.2, 0.25) is 5.91 Å². The molecule has 6 nitrogen and oxygen atoms in total. The highest BCUT2D eigenvalue weighted by atomic mass is 32.2. The highest BCUT2D eigenvalue weighted by Gasteiger charge is 2.21. The minimum absolute atomic E-state index is 0.0433. The van der Waals surface area contributed by atoms with Gasteiger partial charge in [0.1, 0.15) is 10.7 Å². The molecule has 0 unspecified atom stereocenters. The van der Waals surface area contributed by atoms with Crippen molar-refractivity contribution < 1.29 is 4.79 Å². The van der Waals surface area contributed by atoms with Gasteiger partial charge in [-0.2, -0.15) is 0 Å². The maximum absolute atomic E-state index is 12.5. The molecule has 1 amide bonds. The number of thioether (sulfide) groups is 1.